The molecule has 0 spiro atoms. The van der Waals surface area contributed by atoms with E-state index >= 15 is 0 Å². The Hall–Kier alpha value is -1.68. The van der Waals surface area contributed by atoms with Crippen molar-refractivity contribution in [3.05, 3.63) is 41.9 Å². The van der Waals surface area contributed by atoms with E-state index in [9.17, 15) is 0 Å². The first-order valence-electron chi connectivity index (χ1n) is 6.43. The lowest BCUT2D eigenvalue weighted by Gasteiger charge is -2.12. The minimum atomic E-state index is 0.420. The van der Waals surface area contributed by atoms with E-state index in [-0.39, 0.29) is 0 Å². The topological polar surface area (TPSA) is 42.7 Å². The van der Waals surface area contributed by atoms with Crippen LogP contribution in [-0.4, -0.2) is 21.3 Å². The molecule has 2 aromatic rings. The van der Waals surface area contributed by atoms with E-state index in [1.807, 2.05) is 29.1 Å². The second-order valence-electron chi connectivity index (χ2n) is 4.59. The van der Waals surface area contributed by atoms with Gasteiger partial charge in [-0.1, -0.05) is 26.8 Å². The van der Waals surface area contributed by atoms with Gasteiger partial charge in [-0.2, -0.15) is 5.10 Å². The van der Waals surface area contributed by atoms with Crippen LogP contribution < -0.4 is 5.32 Å². The molecule has 0 bridgehead atoms. The Morgan fingerprint density at radius 3 is 2.78 bits per heavy atom. The number of nitrogens with zero attached hydrogens (tertiary/aromatic N) is 3. The lowest BCUT2D eigenvalue weighted by atomic mass is 10.1. The zero-order valence-corrected chi connectivity index (χ0v) is 11.2. The fraction of sp³-hybridized carbons (Fsp3) is 0.429. The zero-order chi connectivity index (χ0) is 13.0. The van der Waals surface area contributed by atoms with Crippen molar-refractivity contribution in [2.24, 2.45) is 0 Å². The highest BCUT2D eigenvalue weighted by molar-refractivity contribution is 5.30. The molecule has 0 saturated heterocycles. The van der Waals surface area contributed by atoms with Gasteiger partial charge in [0.2, 0.25) is 0 Å². The standard InChI is InChI=1S/C14H20N4/c1-4-15-9-12-10-17-18(14(12)11(2)3)13-7-5-6-8-16-13/h5-8,10-11,15H,4,9H2,1-3H3. The Morgan fingerprint density at radius 1 is 1.33 bits per heavy atom. The molecule has 0 aliphatic rings. The molecular formula is C14H20N4. The minimum absolute atomic E-state index is 0.420. The Morgan fingerprint density at radius 2 is 2.17 bits per heavy atom. The van der Waals surface area contributed by atoms with Crippen LogP contribution in [0.4, 0.5) is 0 Å². The van der Waals surface area contributed by atoms with Gasteiger partial charge >= 0.3 is 0 Å². The van der Waals surface area contributed by atoms with Crippen molar-refractivity contribution in [1.29, 1.82) is 0 Å². The Balaban J connectivity index is 2.39. The van der Waals surface area contributed by atoms with Crippen LogP contribution >= 0.6 is 0 Å². The molecule has 0 aromatic carbocycles. The first-order valence-corrected chi connectivity index (χ1v) is 6.43. The molecule has 0 radical (unpaired) electrons. The van der Waals surface area contributed by atoms with Crippen molar-refractivity contribution in [2.45, 2.75) is 33.2 Å². The number of hydrogen-bond acceptors (Lipinski definition) is 3. The largest absolute Gasteiger partial charge is 0.313 e. The van der Waals surface area contributed by atoms with Crippen LogP contribution in [0.25, 0.3) is 5.82 Å². The lowest BCUT2D eigenvalue weighted by Crippen LogP contribution is -2.14. The predicted molar refractivity (Wildman–Crippen MR) is 72.8 cm³/mol. The van der Waals surface area contributed by atoms with Crippen LogP contribution in [0.2, 0.25) is 0 Å². The summed E-state index contributed by atoms with van der Waals surface area (Å²) in [5, 5.41) is 7.83. The van der Waals surface area contributed by atoms with E-state index in [0.29, 0.717) is 5.92 Å². The zero-order valence-electron chi connectivity index (χ0n) is 11.2. The molecule has 0 amide bonds. The summed E-state index contributed by atoms with van der Waals surface area (Å²) in [6.45, 7) is 8.30. The van der Waals surface area contributed by atoms with E-state index < -0.39 is 0 Å². The quantitative estimate of drug-likeness (QED) is 0.878. The summed E-state index contributed by atoms with van der Waals surface area (Å²) in [4.78, 5) is 4.37. The average molecular weight is 244 g/mol. The van der Waals surface area contributed by atoms with Crippen molar-refractivity contribution >= 4 is 0 Å². The fourth-order valence-electron chi connectivity index (χ4n) is 2.06. The molecule has 0 saturated carbocycles. The predicted octanol–water partition coefficient (Wildman–Crippen LogP) is 2.50. The van der Waals surface area contributed by atoms with Gasteiger partial charge in [0, 0.05) is 18.3 Å². The summed E-state index contributed by atoms with van der Waals surface area (Å²) < 4.78 is 1.94. The van der Waals surface area contributed by atoms with Crippen molar-refractivity contribution in [3.63, 3.8) is 0 Å². The van der Waals surface area contributed by atoms with Gasteiger partial charge in [-0.25, -0.2) is 9.67 Å². The maximum Gasteiger partial charge on any atom is 0.153 e. The van der Waals surface area contributed by atoms with Gasteiger partial charge in [0.15, 0.2) is 5.82 Å². The van der Waals surface area contributed by atoms with Crippen molar-refractivity contribution < 1.29 is 0 Å². The van der Waals surface area contributed by atoms with Crippen LogP contribution in [0.5, 0.6) is 0 Å². The van der Waals surface area contributed by atoms with Crippen molar-refractivity contribution in [2.75, 3.05) is 6.54 Å². The Kier molecular flexibility index (Phi) is 4.10. The summed E-state index contributed by atoms with van der Waals surface area (Å²) >= 11 is 0. The minimum Gasteiger partial charge on any atom is -0.313 e. The highest BCUT2D eigenvalue weighted by Crippen LogP contribution is 2.21. The second kappa shape index (κ2) is 5.78. The van der Waals surface area contributed by atoms with Gasteiger partial charge in [0.25, 0.3) is 0 Å². The van der Waals surface area contributed by atoms with E-state index in [0.717, 1.165) is 18.9 Å². The molecular weight excluding hydrogens is 224 g/mol. The average Bonchev–Trinajstić information content (AvgIpc) is 2.81. The van der Waals surface area contributed by atoms with Gasteiger partial charge < -0.3 is 5.32 Å². The number of hydrogen-bond donors (Lipinski definition) is 1. The molecule has 0 atom stereocenters. The normalized spacial score (nSPS) is 11.1. The van der Waals surface area contributed by atoms with Gasteiger partial charge in [0.05, 0.1) is 11.9 Å². The summed E-state index contributed by atoms with van der Waals surface area (Å²) in [7, 11) is 0. The van der Waals surface area contributed by atoms with E-state index in [2.05, 4.69) is 36.2 Å². The first kappa shape index (κ1) is 12.8. The first-order chi connectivity index (χ1) is 8.74. The van der Waals surface area contributed by atoms with Crippen LogP contribution in [0.15, 0.2) is 30.6 Å². The number of rotatable bonds is 5. The van der Waals surface area contributed by atoms with Crippen LogP contribution in [0, 0.1) is 0 Å². The molecule has 4 heteroatoms. The molecule has 0 unspecified atom stereocenters. The molecule has 18 heavy (non-hydrogen) atoms. The molecule has 96 valence electrons. The molecule has 2 rings (SSSR count). The molecule has 0 aliphatic heterocycles. The van der Waals surface area contributed by atoms with Gasteiger partial charge in [0.1, 0.15) is 0 Å². The van der Waals surface area contributed by atoms with Crippen LogP contribution in [-0.2, 0) is 6.54 Å². The monoisotopic (exact) mass is 244 g/mol. The third-order valence-corrected chi connectivity index (χ3v) is 2.86. The molecule has 1 N–H and O–H groups in total. The third kappa shape index (κ3) is 2.59. The van der Waals surface area contributed by atoms with Gasteiger partial charge in [-0.15, -0.1) is 0 Å². The van der Waals surface area contributed by atoms with Crippen molar-refractivity contribution in [1.82, 2.24) is 20.1 Å². The smallest absolute Gasteiger partial charge is 0.153 e. The fourth-order valence-corrected chi connectivity index (χ4v) is 2.06. The van der Waals surface area contributed by atoms with Crippen molar-refractivity contribution in [3.8, 4) is 5.82 Å². The molecule has 2 heterocycles. The molecule has 2 aromatic heterocycles. The van der Waals surface area contributed by atoms with Gasteiger partial charge in [-0.05, 0) is 24.6 Å². The Labute approximate surface area is 108 Å². The van der Waals surface area contributed by atoms with Gasteiger partial charge in [-0.3, -0.25) is 0 Å². The summed E-state index contributed by atoms with van der Waals surface area (Å²) in [5.41, 5.74) is 2.48. The summed E-state index contributed by atoms with van der Waals surface area (Å²) in [5.74, 6) is 1.30. The number of pyridine rings is 1. The number of nitrogens with one attached hydrogen (secondary N) is 1. The lowest BCUT2D eigenvalue weighted by molar-refractivity contribution is 0.684. The maximum atomic E-state index is 4.47. The van der Waals surface area contributed by atoms with Crippen LogP contribution in [0.3, 0.4) is 0 Å². The maximum absolute atomic E-state index is 4.47. The molecule has 4 nitrogen and oxygen atoms in total. The summed E-state index contributed by atoms with van der Waals surface area (Å²) in [6, 6.07) is 5.88. The van der Waals surface area contributed by atoms with E-state index in [1.54, 1.807) is 6.20 Å². The third-order valence-electron chi connectivity index (χ3n) is 2.86. The molecule has 0 aliphatic carbocycles. The SMILES string of the molecule is CCNCc1cnn(-c2ccccn2)c1C(C)C. The number of aromatic nitrogens is 3. The van der Waals surface area contributed by atoms with E-state index in [4.69, 9.17) is 0 Å². The summed E-state index contributed by atoms with van der Waals surface area (Å²) in [6.07, 6.45) is 3.73. The van der Waals surface area contributed by atoms with Crippen LogP contribution in [0.1, 0.15) is 37.9 Å². The highest BCUT2D eigenvalue weighted by atomic mass is 15.3. The second-order valence-corrected chi connectivity index (χ2v) is 4.59. The highest BCUT2D eigenvalue weighted by Gasteiger charge is 2.15. The Bertz CT molecular complexity index is 488. The van der Waals surface area contributed by atoms with E-state index in [1.165, 1.54) is 11.3 Å². The molecule has 0 fully saturated rings.